The molecule has 1 fully saturated rings. The number of allylic oxidation sites excluding steroid dienone is 5. The Bertz CT molecular complexity index is 1610. The van der Waals surface area contributed by atoms with Crippen LogP contribution >= 0.6 is 11.3 Å². The number of aromatic hydroxyl groups is 2. The van der Waals surface area contributed by atoms with Gasteiger partial charge in [0.15, 0.2) is 11.6 Å². The quantitative estimate of drug-likeness (QED) is 0.220. The number of hydrogen-bond donors (Lipinski definition) is 4. The number of carbonyl (C=O) groups is 2. The first kappa shape index (κ1) is 25.4. The number of phenols is 2. The number of fused-ring (bicyclic) bond motifs is 4. The Morgan fingerprint density at radius 1 is 1.26 bits per heavy atom. The number of phenolic OH excluding ortho intramolecular Hbond substituents is 2. The molecule has 39 heavy (non-hydrogen) atoms. The molecule has 0 radical (unpaired) electrons. The number of aliphatic hydroxyl groups is 1. The molecule has 7 rings (SSSR count). The van der Waals surface area contributed by atoms with Gasteiger partial charge in [0.2, 0.25) is 5.13 Å². The average Bonchev–Trinajstić information content (AvgIpc) is 3.45. The number of hydrogen-bond acceptors (Lipinski definition) is 10. The van der Waals surface area contributed by atoms with Gasteiger partial charge in [0, 0.05) is 17.0 Å². The van der Waals surface area contributed by atoms with Gasteiger partial charge in [-0.1, -0.05) is 19.9 Å². The highest BCUT2D eigenvalue weighted by Gasteiger charge is 2.55. The van der Waals surface area contributed by atoms with Crippen LogP contribution in [-0.4, -0.2) is 38.1 Å². The number of carbonyl (C=O) groups excluding carboxylic acids is 2. The molecule has 1 saturated carbocycles. The van der Waals surface area contributed by atoms with Crippen molar-refractivity contribution in [2.45, 2.75) is 52.9 Å². The fraction of sp³-hybridized carbons (Fsp3) is 0.379. The van der Waals surface area contributed by atoms with Crippen molar-refractivity contribution in [2.24, 2.45) is 22.4 Å². The van der Waals surface area contributed by atoms with Gasteiger partial charge in [0.05, 0.1) is 23.0 Å². The van der Waals surface area contributed by atoms with Crippen molar-refractivity contribution in [3.63, 3.8) is 0 Å². The molecule has 2 bridgehead atoms. The van der Waals surface area contributed by atoms with Gasteiger partial charge >= 0.3 is 0 Å². The lowest BCUT2D eigenvalue weighted by Crippen LogP contribution is -2.46. The maximum Gasteiger partial charge on any atom is 0.203 e. The molecule has 3 atom stereocenters. The van der Waals surface area contributed by atoms with Crippen molar-refractivity contribution in [2.75, 3.05) is 5.43 Å². The van der Waals surface area contributed by atoms with Crippen LogP contribution in [0.3, 0.4) is 0 Å². The van der Waals surface area contributed by atoms with E-state index in [9.17, 15) is 24.9 Å². The standard InChI is InChI=1S/C29H29N3O6S/c1-12-23(35)21(17-11-39-27(31-17)32-30-10-14-6-15-8-16(7-14)28(15,3)4)25-22(24(12)36)29(5)19(38-25)9-18(34)20(13(2)33)26(29)37/h6,9-11,15-16,34-36H,7-8H2,1-5H3,(H,31,32)/b30-10-/t15-,16+,29+/m1/s1. The van der Waals surface area contributed by atoms with E-state index in [1.807, 2.05) is 6.21 Å². The molecule has 1 aromatic carbocycles. The lowest BCUT2D eigenvalue weighted by atomic mass is 9.50. The molecule has 0 saturated heterocycles. The third kappa shape index (κ3) is 3.43. The van der Waals surface area contributed by atoms with Crippen LogP contribution in [0.15, 0.2) is 45.3 Å². The van der Waals surface area contributed by atoms with E-state index in [-0.39, 0.29) is 45.3 Å². The molecular formula is C29H29N3O6S. The van der Waals surface area contributed by atoms with Crippen molar-refractivity contribution in [3.05, 3.63) is 51.3 Å². The Morgan fingerprint density at radius 3 is 2.64 bits per heavy atom. The fourth-order valence-electron chi connectivity index (χ4n) is 6.27. The lowest BCUT2D eigenvalue weighted by molar-refractivity contribution is -0.123. The zero-order valence-corrected chi connectivity index (χ0v) is 23.1. The largest absolute Gasteiger partial charge is 0.507 e. The van der Waals surface area contributed by atoms with Crippen LogP contribution in [0.1, 0.15) is 51.7 Å². The monoisotopic (exact) mass is 547 g/mol. The minimum atomic E-state index is -1.57. The number of ether oxygens (including phenoxy) is 1. The number of thiazole rings is 1. The highest BCUT2D eigenvalue weighted by Crippen LogP contribution is 2.60. The number of benzene rings is 1. The molecule has 0 amide bonds. The summed E-state index contributed by atoms with van der Waals surface area (Å²) in [5.74, 6) is -1.00. The molecule has 9 nitrogen and oxygen atoms in total. The van der Waals surface area contributed by atoms with Crippen molar-refractivity contribution >= 4 is 34.2 Å². The van der Waals surface area contributed by atoms with E-state index in [1.165, 1.54) is 50.2 Å². The predicted molar refractivity (Wildman–Crippen MR) is 147 cm³/mol. The molecule has 1 aromatic heterocycles. The van der Waals surface area contributed by atoms with Crippen molar-refractivity contribution < 1.29 is 29.6 Å². The summed E-state index contributed by atoms with van der Waals surface area (Å²) in [5.41, 5.74) is 3.39. The highest BCUT2D eigenvalue weighted by atomic mass is 32.1. The Kier molecular flexibility index (Phi) is 5.39. The number of hydrazone groups is 1. The van der Waals surface area contributed by atoms with Crippen LogP contribution in [0.4, 0.5) is 5.13 Å². The molecule has 2 aromatic rings. The van der Waals surface area contributed by atoms with Crippen LogP contribution in [0.5, 0.6) is 17.2 Å². The normalized spacial score (nSPS) is 26.4. The zero-order chi connectivity index (χ0) is 28.0. The molecule has 5 aliphatic rings. The number of Topliss-reactive ketones (excluding diaryl/α,β-unsaturated/α-hetero) is 2. The summed E-state index contributed by atoms with van der Waals surface area (Å²) in [6, 6.07) is 0. The second kappa shape index (κ2) is 8.29. The minimum Gasteiger partial charge on any atom is -0.507 e. The third-order valence-electron chi connectivity index (χ3n) is 8.99. The molecule has 10 heteroatoms. The van der Waals surface area contributed by atoms with E-state index < -0.39 is 22.7 Å². The third-order valence-corrected chi connectivity index (χ3v) is 9.74. The van der Waals surface area contributed by atoms with E-state index in [0.717, 1.165) is 6.42 Å². The van der Waals surface area contributed by atoms with E-state index in [1.54, 1.807) is 5.38 Å². The van der Waals surface area contributed by atoms with Crippen LogP contribution < -0.4 is 10.2 Å². The van der Waals surface area contributed by atoms with Crippen LogP contribution in [-0.2, 0) is 15.0 Å². The van der Waals surface area contributed by atoms with Gasteiger partial charge in [-0.15, -0.1) is 11.3 Å². The zero-order valence-electron chi connectivity index (χ0n) is 22.2. The summed E-state index contributed by atoms with van der Waals surface area (Å²) in [7, 11) is 0. The van der Waals surface area contributed by atoms with Gasteiger partial charge in [-0.05, 0) is 56.4 Å². The highest BCUT2D eigenvalue weighted by molar-refractivity contribution is 7.14. The molecule has 202 valence electrons. The van der Waals surface area contributed by atoms with Crippen LogP contribution in [0.2, 0.25) is 0 Å². The topological polar surface area (TPSA) is 141 Å². The first-order valence-electron chi connectivity index (χ1n) is 12.8. The summed E-state index contributed by atoms with van der Waals surface area (Å²) >= 11 is 1.28. The van der Waals surface area contributed by atoms with Crippen molar-refractivity contribution in [1.29, 1.82) is 0 Å². The summed E-state index contributed by atoms with van der Waals surface area (Å²) in [6.07, 6.45) is 7.58. The summed E-state index contributed by atoms with van der Waals surface area (Å²) in [4.78, 5) is 30.2. The fourth-order valence-corrected chi connectivity index (χ4v) is 6.92. The first-order chi connectivity index (χ1) is 18.4. The van der Waals surface area contributed by atoms with E-state index in [4.69, 9.17) is 4.74 Å². The van der Waals surface area contributed by atoms with Crippen molar-refractivity contribution in [3.8, 4) is 28.5 Å². The summed E-state index contributed by atoms with van der Waals surface area (Å²) < 4.78 is 6.01. The van der Waals surface area contributed by atoms with Crippen LogP contribution in [0.25, 0.3) is 11.3 Å². The number of aromatic nitrogens is 1. The van der Waals surface area contributed by atoms with E-state index in [0.29, 0.717) is 28.1 Å². The number of rotatable bonds is 5. The average molecular weight is 548 g/mol. The number of nitrogens with zero attached hydrogens (tertiary/aromatic N) is 2. The molecular weight excluding hydrogens is 518 g/mol. The Hall–Kier alpha value is -3.92. The molecule has 0 unspecified atom stereocenters. The van der Waals surface area contributed by atoms with Gasteiger partial charge in [-0.25, -0.2) is 4.98 Å². The van der Waals surface area contributed by atoms with Crippen LogP contribution in [0, 0.1) is 24.2 Å². The minimum absolute atomic E-state index is 0.0462. The van der Waals surface area contributed by atoms with Crippen molar-refractivity contribution in [1.82, 2.24) is 4.98 Å². The lowest BCUT2D eigenvalue weighted by Gasteiger charge is -2.54. The number of ketones is 2. The maximum atomic E-state index is 13.5. The predicted octanol–water partition coefficient (Wildman–Crippen LogP) is 5.44. The Labute approximate surface area is 229 Å². The number of nitrogens with one attached hydrogen (secondary N) is 1. The SMILES string of the molecule is CC(=O)C1=C(O)C=C2Oc3c(-c4csc(N/N=C\C5=C[C@@H]6C[C@H](C5)C6(C)C)n4)c(O)c(C)c(O)c3[C@@]2(C)C1=O. The molecule has 4 aliphatic carbocycles. The number of anilines is 1. The van der Waals surface area contributed by atoms with Gasteiger partial charge < -0.3 is 20.1 Å². The van der Waals surface area contributed by atoms with Gasteiger partial charge in [0.1, 0.15) is 39.8 Å². The Balaban J connectivity index is 1.34. The maximum absolute atomic E-state index is 13.5. The van der Waals surface area contributed by atoms with Gasteiger partial charge in [-0.2, -0.15) is 5.10 Å². The summed E-state index contributed by atoms with van der Waals surface area (Å²) in [5, 5.41) is 39.0. The molecule has 1 aliphatic heterocycles. The second-order valence-corrected chi connectivity index (χ2v) is 12.4. The Morgan fingerprint density at radius 2 is 2.00 bits per heavy atom. The van der Waals surface area contributed by atoms with E-state index in [2.05, 4.69) is 35.4 Å². The number of aliphatic hydroxyl groups excluding tert-OH is 1. The second-order valence-electron chi connectivity index (χ2n) is 11.5. The molecule has 4 N–H and O–H groups in total. The molecule has 0 spiro atoms. The van der Waals surface area contributed by atoms with Gasteiger partial charge in [0.25, 0.3) is 0 Å². The molecule has 2 heterocycles. The van der Waals surface area contributed by atoms with E-state index >= 15 is 0 Å². The summed E-state index contributed by atoms with van der Waals surface area (Å²) in [6.45, 7) is 8.86. The smallest absolute Gasteiger partial charge is 0.203 e. The first-order valence-corrected chi connectivity index (χ1v) is 13.7. The van der Waals surface area contributed by atoms with Gasteiger partial charge in [-0.3, -0.25) is 15.0 Å².